The van der Waals surface area contributed by atoms with Crippen LogP contribution in [0, 0.1) is 0 Å². The Kier molecular flexibility index (Phi) is 6.16. The summed E-state index contributed by atoms with van der Waals surface area (Å²) in [4.78, 5) is 40.6. The van der Waals surface area contributed by atoms with Gasteiger partial charge in [0.25, 0.3) is 11.8 Å². The van der Waals surface area contributed by atoms with Crippen molar-refractivity contribution in [2.24, 2.45) is 5.16 Å². The van der Waals surface area contributed by atoms with Crippen LogP contribution in [0.1, 0.15) is 23.5 Å². The van der Waals surface area contributed by atoms with Crippen LogP contribution in [0.25, 0.3) is 0 Å². The number of hydrogen-bond donors (Lipinski definition) is 4. The third-order valence-corrected chi connectivity index (χ3v) is 7.35. The predicted octanol–water partition coefficient (Wildman–Crippen LogP) is 0.747. The van der Waals surface area contributed by atoms with Gasteiger partial charge in [0.1, 0.15) is 16.8 Å². The second-order valence-electron chi connectivity index (χ2n) is 6.75. The van der Waals surface area contributed by atoms with Crippen molar-refractivity contribution in [2.45, 2.75) is 36.1 Å². The van der Waals surface area contributed by atoms with Crippen LogP contribution in [0.3, 0.4) is 0 Å². The van der Waals surface area contributed by atoms with Crippen molar-refractivity contribution >= 4 is 63.5 Å². The van der Waals surface area contributed by atoms with E-state index in [1.807, 2.05) is 0 Å². The number of nitrogens with one attached hydrogen (secondary N) is 1. The van der Waals surface area contributed by atoms with Gasteiger partial charge in [-0.2, -0.15) is 22.5 Å². The first-order chi connectivity index (χ1) is 16.0. The number of amides is 2. The van der Waals surface area contributed by atoms with Crippen molar-refractivity contribution in [2.75, 3.05) is 5.73 Å². The number of carbonyl (C=O) groups excluding carboxylic acids is 2. The summed E-state index contributed by atoms with van der Waals surface area (Å²) in [6.07, 6.45) is -4.57. The fourth-order valence-corrected chi connectivity index (χ4v) is 5.58. The summed E-state index contributed by atoms with van der Waals surface area (Å²) < 4.78 is 46.4. The molecule has 0 radical (unpaired) electrons. The highest BCUT2D eigenvalue weighted by Gasteiger charge is 2.54. The summed E-state index contributed by atoms with van der Waals surface area (Å²) >= 11 is 1.36. The van der Waals surface area contributed by atoms with Crippen molar-refractivity contribution in [1.82, 2.24) is 29.2 Å². The highest BCUT2D eigenvalue weighted by Crippen LogP contribution is 2.46. The molecule has 2 aromatic rings. The van der Waals surface area contributed by atoms with Gasteiger partial charge >= 0.3 is 12.1 Å². The number of carboxylic acids is 1. The molecule has 2 unspecified atom stereocenters. The van der Waals surface area contributed by atoms with E-state index in [9.17, 15) is 32.7 Å². The zero-order valence-electron chi connectivity index (χ0n) is 16.3. The number of nitrogens with two attached hydrogens (primary N) is 1. The number of β-lactam (4-membered cyclic amide) rings is 1. The Balaban J connectivity index is 1.55. The standard InChI is InChI=1S/C15H11F3N8O5S3/c16-15(17,18)8-11(22-25-33-8)32-4-2-1-3-5(12(28)26(3)7(4)13(29)30)20-10(27)6(23-31)9-21-14(19)34-24-9/h3,5,31H,1-2H2,(H,20,27)(H,29,30)(H2,19,21,24)/b23-6-. The Labute approximate surface area is 198 Å². The van der Waals surface area contributed by atoms with Crippen LogP contribution in [0.4, 0.5) is 18.3 Å². The van der Waals surface area contributed by atoms with Gasteiger partial charge < -0.3 is 21.4 Å². The van der Waals surface area contributed by atoms with E-state index in [2.05, 4.69) is 29.4 Å². The molecule has 19 heteroatoms. The molecule has 0 saturated carbocycles. The monoisotopic (exact) mass is 536 g/mol. The fraction of sp³-hybridized carbons (Fsp3) is 0.333. The minimum absolute atomic E-state index is 0.000153. The van der Waals surface area contributed by atoms with Crippen molar-refractivity contribution in [3.05, 3.63) is 21.3 Å². The molecule has 2 aliphatic rings. The van der Waals surface area contributed by atoms with Gasteiger partial charge in [0.05, 0.1) is 6.04 Å². The van der Waals surface area contributed by atoms with Gasteiger partial charge in [-0.15, -0.1) is 5.10 Å². The summed E-state index contributed by atoms with van der Waals surface area (Å²) in [6, 6.07) is -1.94. The average Bonchev–Trinajstić information content (AvgIpc) is 3.41. The van der Waals surface area contributed by atoms with E-state index in [1.54, 1.807) is 0 Å². The smallest absolute Gasteiger partial charge is 0.429 e. The lowest BCUT2D eigenvalue weighted by Gasteiger charge is -2.49. The molecule has 2 amide bonds. The molecule has 180 valence electrons. The van der Waals surface area contributed by atoms with Gasteiger partial charge in [-0.3, -0.25) is 14.5 Å². The maximum atomic E-state index is 13.1. The highest BCUT2D eigenvalue weighted by molar-refractivity contribution is 8.03. The number of hydrogen-bond acceptors (Lipinski definition) is 13. The highest BCUT2D eigenvalue weighted by atomic mass is 32.2. The largest absolute Gasteiger partial charge is 0.477 e. The summed E-state index contributed by atoms with van der Waals surface area (Å²) in [5, 5.41) is 26.9. The van der Waals surface area contributed by atoms with E-state index in [1.165, 1.54) is 0 Å². The quantitative estimate of drug-likeness (QED) is 0.176. The van der Waals surface area contributed by atoms with E-state index in [-0.39, 0.29) is 40.2 Å². The Morgan fingerprint density at radius 3 is 2.65 bits per heavy atom. The van der Waals surface area contributed by atoms with E-state index in [0.717, 1.165) is 16.4 Å². The first-order valence-corrected chi connectivity index (χ1v) is 11.4. The molecule has 2 aromatic heterocycles. The van der Waals surface area contributed by atoms with Gasteiger partial charge in [0.2, 0.25) is 11.5 Å². The number of oxime groups is 1. The topological polar surface area (TPSA) is 197 Å². The molecule has 0 bridgehead atoms. The third-order valence-electron chi connectivity index (χ3n) is 4.79. The number of rotatable bonds is 6. The van der Waals surface area contributed by atoms with Crippen LogP contribution in [-0.2, 0) is 20.6 Å². The molecule has 2 aliphatic heterocycles. The van der Waals surface area contributed by atoms with E-state index in [0.29, 0.717) is 11.8 Å². The van der Waals surface area contributed by atoms with Crippen LogP contribution in [-0.4, -0.2) is 69.7 Å². The average molecular weight is 536 g/mol. The van der Waals surface area contributed by atoms with Gasteiger partial charge in [-0.25, -0.2) is 4.79 Å². The predicted molar refractivity (Wildman–Crippen MR) is 110 cm³/mol. The Hall–Kier alpha value is -3.32. The number of aromatic nitrogens is 4. The molecule has 13 nitrogen and oxygen atoms in total. The lowest BCUT2D eigenvalue weighted by molar-refractivity contribution is -0.155. The maximum Gasteiger partial charge on any atom is 0.429 e. The molecule has 5 N–H and O–H groups in total. The van der Waals surface area contributed by atoms with E-state index < -0.39 is 57.4 Å². The molecule has 2 atom stereocenters. The normalized spacial score (nSPS) is 20.7. The van der Waals surface area contributed by atoms with Gasteiger partial charge in [0, 0.05) is 16.4 Å². The number of allylic oxidation sites excluding steroid dienone is 1. The molecule has 1 saturated heterocycles. The summed E-state index contributed by atoms with van der Waals surface area (Å²) in [7, 11) is 0. The second-order valence-corrected chi connectivity index (χ2v) is 9.38. The van der Waals surface area contributed by atoms with Crippen molar-refractivity contribution in [3.63, 3.8) is 0 Å². The number of alkyl halides is 3. The minimum Gasteiger partial charge on any atom is -0.477 e. The zero-order chi connectivity index (χ0) is 24.8. The second kappa shape index (κ2) is 8.80. The van der Waals surface area contributed by atoms with Crippen molar-refractivity contribution in [1.29, 1.82) is 0 Å². The van der Waals surface area contributed by atoms with Crippen LogP contribution >= 0.6 is 34.8 Å². The third kappa shape index (κ3) is 4.16. The Bertz CT molecular complexity index is 1240. The minimum atomic E-state index is -4.72. The Morgan fingerprint density at radius 1 is 1.32 bits per heavy atom. The molecule has 4 rings (SSSR count). The SMILES string of the molecule is Nc1nc(/C(=N/O)C(=O)NC2C(=O)N3C(C(=O)O)=C(Sc4nnsc4C(F)(F)F)CCC23)ns1. The Morgan fingerprint density at radius 2 is 2.06 bits per heavy atom. The molecule has 0 aliphatic carbocycles. The number of nitrogens with zero attached hydrogens (tertiary/aromatic N) is 6. The lowest BCUT2D eigenvalue weighted by atomic mass is 9.86. The summed E-state index contributed by atoms with van der Waals surface area (Å²) in [6.45, 7) is 0. The first kappa shape index (κ1) is 23.8. The molecule has 4 heterocycles. The molecule has 0 aromatic carbocycles. The molecule has 0 spiro atoms. The van der Waals surface area contributed by atoms with Crippen LogP contribution in [0.5, 0.6) is 0 Å². The first-order valence-electron chi connectivity index (χ1n) is 9.02. The fourth-order valence-electron chi connectivity index (χ4n) is 3.40. The number of aliphatic carboxylic acids is 1. The van der Waals surface area contributed by atoms with Gasteiger partial charge in [0.15, 0.2) is 10.0 Å². The van der Waals surface area contributed by atoms with E-state index >= 15 is 0 Å². The van der Waals surface area contributed by atoms with Gasteiger partial charge in [-0.1, -0.05) is 21.4 Å². The molecular weight excluding hydrogens is 525 g/mol. The van der Waals surface area contributed by atoms with Crippen LogP contribution in [0.15, 0.2) is 20.8 Å². The zero-order valence-corrected chi connectivity index (χ0v) is 18.8. The maximum absolute atomic E-state index is 13.1. The lowest BCUT2D eigenvalue weighted by Crippen LogP contribution is -2.72. The molecule has 1 fully saturated rings. The van der Waals surface area contributed by atoms with Gasteiger partial charge in [-0.05, 0) is 24.4 Å². The molecule has 34 heavy (non-hydrogen) atoms. The number of nitrogen functional groups attached to an aromatic ring is 1. The molecular formula is C15H11F3N8O5S3. The number of thioether (sulfide) groups is 1. The van der Waals surface area contributed by atoms with Crippen molar-refractivity contribution < 1.29 is 37.9 Å². The van der Waals surface area contributed by atoms with Crippen molar-refractivity contribution in [3.8, 4) is 0 Å². The number of anilines is 1. The van der Waals surface area contributed by atoms with E-state index in [4.69, 9.17) is 10.9 Å². The van der Waals surface area contributed by atoms with Crippen LogP contribution < -0.4 is 11.1 Å². The van der Waals surface area contributed by atoms with Crippen LogP contribution in [0.2, 0.25) is 0 Å². The number of halogens is 3. The number of carboxylic acid groups (broad SMARTS) is 1. The summed E-state index contributed by atoms with van der Waals surface area (Å²) in [5.74, 6) is -3.59. The summed E-state index contributed by atoms with van der Waals surface area (Å²) in [5.41, 5.74) is 4.34. The number of carbonyl (C=O) groups is 3. The number of fused-ring (bicyclic) bond motifs is 1.